The van der Waals surface area contributed by atoms with Crippen molar-refractivity contribution in [3.05, 3.63) is 40.4 Å². The first kappa shape index (κ1) is 14.1. The number of nitrogens with one attached hydrogen (secondary N) is 1. The Morgan fingerprint density at radius 2 is 2.10 bits per heavy atom. The van der Waals surface area contributed by atoms with Gasteiger partial charge in [0.25, 0.3) is 5.56 Å². The third-order valence-corrected chi connectivity index (χ3v) is 2.91. The molecule has 2 rings (SSSR count). The van der Waals surface area contributed by atoms with Gasteiger partial charge in [0.2, 0.25) is 0 Å². The van der Waals surface area contributed by atoms with Gasteiger partial charge >= 0.3 is 0 Å². The molecule has 0 radical (unpaired) electrons. The van der Waals surface area contributed by atoms with Crippen LogP contribution in [0.3, 0.4) is 0 Å². The van der Waals surface area contributed by atoms with Crippen LogP contribution in [0.5, 0.6) is 5.75 Å². The minimum Gasteiger partial charge on any atom is -0.492 e. The molecule has 0 spiro atoms. The van der Waals surface area contributed by atoms with Gasteiger partial charge < -0.3 is 15.5 Å². The average molecular weight is 273 g/mol. The smallest absolute Gasteiger partial charge is 0.251 e. The molecule has 0 bridgehead atoms. The number of nitrogens with two attached hydrogens (primary N) is 1. The van der Waals surface area contributed by atoms with E-state index in [1.54, 1.807) is 12.1 Å². The van der Waals surface area contributed by atoms with Gasteiger partial charge in [0.05, 0.1) is 18.0 Å². The van der Waals surface area contributed by atoms with E-state index in [1.807, 2.05) is 26.8 Å². The number of ether oxygens (including phenoxy) is 1. The van der Waals surface area contributed by atoms with Crippen LogP contribution >= 0.6 is 0 Å². The highest BCUT2D eigenvalue weighted by Gasteiger charge is 2.09. The molecule has 0 aliphatic rings. The van der Waals surface area contributed by atoms with Crippen LogP contribution in [-0.4, -0.2) is 16.6 Å². The van der Waals surface area contributed by atoms with Crippen LogP contribution in [0.15, 0.2) is 29.1 Å². The molecule has 0 fully saturated rings. The lowest BCUT2D eigenvalue weighted by Gasteiger charge is -2.10. The zero-order valence-electron chi connectivity index (χ0n) is 11.9. The minimum absolute atomic E-state index is 0.155. The number of hydrogen-bond donors (Lipinski definition) is 2. The van der Waals surface area contributed by atoms with Gasteiger partial charge in [-0.2, -0.15) is 0 Å². The highest BCUT2D eigenvalue weighted by atomic mass is 16.5. The quantitative estimate of drug-likeness (QED) is 0.839. The normalized spacial score (nSPS) is 10.8. The van der Waals surface area contributed by atoms with Crippen LogP contribution < -0.4 is 16.0 Å². The molecule has 0 aliphatic carbocycles. The second kappa shape index (κ2) is 5.77. The number of H-pyrrole nitrogens is 1. The van der Waals surface area contributed by atoms with E-state index in [0.29, 0.717) is 29.6 Å². The molecule has 106 valence electrons. The topological polar surface area (TPSA) is 81.0 Å². The minimum atomic E-state index is -0.161. The third kappa shape index (κ3) is 2.99. The maximum Gasteiger partial charge on any atom is 0.251 e. The van der Waals surface area contributed by atoms with Gasteiger partial charge in [-0.15, -0.1) is 0 Å². The Bertz CT molecular complexity index is 662. The lowest BCUT2D eigenvalue weighted by atomic mass is 10.1. The van der Waals surface area contributed by atoms with Crippen molar-refractivity contribution in [1.82, 2.24) is 9.97 Å². The van der Waals surface area contributed by atoms with Crippen molar-refractivity contribution < 1.29 is 4.74 Å². The maximum atomic E-state index is 11.7. The SMILES string of the molecule is CCOc1ccc(-c2cc(=O)[nH]c(C(C)C)n2)cc1N. The summed E-state index contributed by atoms with van der Waals surface area (Å²) in [6.45, 7) is 6.42. The Labute approximate surface area is 117 Å². The van der Waals surface area contributed by atoms with Crippen LogP contribution in [0.25, 0.3) is 11.3 Å². The van der Waals surface area contributed by atoms with E-state index in [-0.39, 0.29) is 11.5 Å². The molecular weight excluding hydrogens is 254 g/mol. The summed E-state index contributed by atoms with van der Waals surface area (Å²) in [6.07, 6.45) is 0. The predicted octanol–water partition coefficient (Wildman–Crippen LogP) is 2.54. The second-order valence-corrected chi connectivity index (χ2v) is 4.86. The molecule has 5 heteroatoms. The molecular formula is C15H19N3O2. The van der Waals surface area contributed by atoms with Gasteiger partial charge in [0.15, 0.2) is 0 Å². The molecule has 1 aromatic carbocycles. The fourth-order valence-electron chi connectivity index (χ4n) is 1.89. The van der Waals surface area contributed by atoms with Crippen molar-refractivity contribution >= 4 is 5.69 Å². The van der Waals surface area contributed by atoms with Crippen molar-refractivity contribution in [2.75, 3.05) is 12.3 Å². The summed E-state index contributed by atoms with van der Waals surface area (Å²) >= 11 is 0. The summed E-state index contributed by atoms with van der Waals surface area (Å²) in [5.41, 5.74) is 7.74. The Kier molecular flexibility index (Phi) is 4.08. The van der Waals surface area contributed by atoms with Gasteiger partial charge in [0.1, 0.15) is 11.6 Å². The van der Waals surface area contributed by atoms with Gasteiger partial charge in [-0.1, -0.05) is 13.8 Å². The van der Waals surface area contributed by atoms with E-state index in [2.05, 4.69) is 9.97 Å². The molecule has 1 aromatic heterocycles. The number of benzene rings is 1. The summed E-state index contributed by atoms with van der Waals surface area (Å²) in [5, 5.41) is 0. The zero-order valence-corrected chi connectivity index (χ0v) is 11.9. The molecule has 5 nitrogen and oxygen atoms in total. The largest absolute Gasteiger partial charge is 0.492 e. The van der Waals surface area contributed by atoms with E-state index in [4.69, 9.17) is 10.5 Å². The number of hydrogen-bond acceptors (Lipinski definition) is 4. The number of nitrogens with zero attached hydrogens (tertiary/aromatic N) is 1. The van der Waals surface area contributed by atoms with Gasteiger partial charge in [-0.25, -0.2) is 4.98 Å². The van der Waals surface area contributed by atoms with Crippen LogP contribution in [0.2, 0.25) is 0 Å². The fourth-order valence-corrected chi connectivity index (χ4v) is 1.89. The third-order valence-electron chi connectivity index (χ3n) is 2.91. The molecule has 0 amide bonds. The van der Waals surface area contributed by atoms with Crippen LogP contribution in [0.1, 0.15) is 32.5 Å². The number of aromatic amines is 1. The van der Waals surface area contributed by atoms with Crippen LogP contribution in [-0.2, 0) is 0 Å². The summed E-state index contributed by atoms with van der Waals surface area (Å²) in [4.78, 5) is 18.9. The molecule has 3 N–H and O–H groups in total. The highest BCUT2D eigenvalue weighted by molar-refractivity contribution is 5.68. The molecule has 20 heavy (non-hydrogen) atoms. The van der Waals surface area contributed by atoms with E-state index < -0.39 is 0 Å². The van der Waals surface area contributed by atoms with Crippen molar-refractivity contribution in [2.24, 2.45) is 0 Å². The molecule has 2 aromatic rings. The van der Waals surface area contributed by atoms with Crippen LogP contribution in [0, 0.1) is 0 Å². The first-order valence-electron chi connectivity index (χ1n) is 6.65. The zero-order chi connectivity index (χ0) is 14.7. The predicted molar refractivity (Wildman–Crippen MR) is 80.0 cm³/mol. The highest BCUT2D eigenvalue weighted by Crippen LogP contribution is 2.27. The average Bonchev–Trinajstić information content (AvgIpc) is 2.40. The number of anilines is 1. The monoisotopic (exact) mass is 273 g/mol. The Hall–Kier alpha value is -2.30. The Morgan fingerprint density at radius 1 is 1.35 bits per heavy atom. The molecule has 0 saturated carbocycles. The summed E-state index contributed by atoms with van der Waals surface area (Å²) < 4.78 is 5.40. The van der Waals surface area contributed by atoms with E-state index in [1.165, 1.54) is 6.07 Å². The first-order valence-corrected chi connectivity index (χ1v) is 6.65. The van der Waals surface area contributed by atoms with Gasteiger partial charge in [0, 0.05) is 17.5 Å². The molecule has 0 aliphatic heterocycles. The van der Waals surface area contributed by atoms with E-state index in [9.17, 15) is 4.79 Å². The molecule has 0 atom stereocenters. The molecule has 1 heterocycles. The van der Waals surface area contributed by atoms with Crippen molar-refractivity contribution in [2.45, 2.75) is 26.7 Å². The second-order valence-electron chi connectivity index (χ2n) is 4.86. The molecule has 0 saturated heterocycles. The summed E-state index contributed by atoms with van der Waals surface area (Å²) in [6, 6.07) is 6.90. The van der Waals surface area contributed by atoms with Crippen molar-refractivity contribution in [3.63, 3.8) is 0 Å². The number of aromatic nitrogens is 2. The van der Waals surface area contributed by atoms with E-state index >= 15 is 0 Å². The van der Waals surface area contributed by atoms with Gasteiger partial charge in [-0.05, 0) is 25.1 Å². The standard InChI is InChI=1S/C15H19N3O2/c1-4-20-13-6-5-10(7-11(13)16)12-8-14(19)18-15(17-12)9(2)3/h5-9H,4,16H2,1-3H3,(H,17,18,19). The number of rotatable bonds is 4. The Morgan fingerprint density at radius 3 is 2.70 bits per heavy atom. The van der Waals surface area contributed by atoms with Crippen LogP contribution in [0.4, 0.5) is 5.69 Å². The summed E-state index contributed by atoms with van der Waals surface area (Å²) in [5.74, 6) is 1.47. The number of nitrogen functional groups attached to an aromatic ring is 1. The summed E-state index contributed by atoms with van der Waals surface area (Å²) in [7, 11) is 0. The maximum absolute atomic E-state index is 11.7. The van der Waals surface area contributed by atoms with Crippen molar-refractivity contribution in [3.8, 4) is 17.0 Å². The van der Waals surface area contributed by atoms with Crippen molar-refractivity contribution in [1.29, 1.82) is 0 Å². The van der Waals surface area contributed by atoms with E-state index in [0.717, 1.165) is 5.56 Å². The Balaban J connectivity index is 2.46. The lowest BCUT2D eigenvalue weighted by Crippen LogP contribution is -2.12. The lowest BCUT2D eigenvalue weighted by molar-refractivity contribution is 0.342. The first-order chi connectivity index (χ1) is 9.51. The van der Waals surface area contributed by atoms with Gasteiger partial charge in [-0.3, -0.25) is 4.79 Å². The fraction of sp³-hybridized carbons (Fsp3) is 0.333. The molecule has 0 unspecified atom stereocenters.